The Labute approximate surface area is 115 Å². The Hall–Kier alpha value is -1.52. The van der Waals surface area contributed by atoms with Crippen LogP contribution in [0.15, 0.2) is 36.4 Å². The summed E-state index contributed by atoms with van der Waals surface area (Å²) < 4.78 is 0.607. The Balaban J connectivity index is 2.35. The van der Waals surface area contributed by atoms with Crippen LogP contribution >= 0.6 is 22.9 Å². The van der Waals surface area contributed by atoms with Crippen molar-refractivity contribution in [3.05, 3.63) is 45.6 Å². The van der Waals surface area contributed by atoms with E-state index in [0.29, 0.717) is 21.4 Å². The van der Waals surface area contributed by atoms with E-state index in [-0.39, 0.29) is 5.91 Å². The van der Waals surface area contributed by atoms with Gasteiger partial charge in [0.15, 0.2) is 0 Å². The molecule has 0 aliphatic rings. The number of amides is 1. The fourth-order valence-electron chi connectivity index (χ4n) is 1.72. The molecule has 3 nitrogen and oxygen atoms in total. The van der Waals surface area contributed by atoms with Gasteiger partial charge in [-0.1, -0.05) is 23.7 Å². The minimum Gasteiger partial charge on any atom is -0.397 e. The third kappa shape index (κ3) is 2.49. The second-order valence-corrected chi connectivity index (χ2v) is 5.43. The predicted molar refractivity (Wildman–Crippen MR) is 77.5 cm³/mol. The van der Waals surface area contributed by atoms with Gasteiger partial charge in [-0.15, -0.1) is 11.3 Å². The van der Waals surface area contributed by atoms with Gasteiger partial charge in [0, 0.05) is 6.54 Å². The first-order valence-corrected chi connectivity index (χ1v) is 6.74. The van der Waals surface area contributed by atoms with Crippen LogP contribution in [-0.4, -0.2) is 12.5 Å². The zero-order valence-corrected chi connectivity index (χ0v) is 11.5. The fourth-order valence-corrected chi connectivity index (χ4v) is 2.71. The van der Waals surface area contributed by atoms with Gasteiger partial charge in [-0.05, 0) is 31.2 Å². The van der Waals surface area contributed by atoms with Crippen LogP contribution in [0.3, 0.4) is 0 Å². The van der Waals surface area contributed by atoms with Crippen molar-refractivity contribution in [1.82, 2.24) is 0 Å². The molecule has 1 aromatic carbocycles. The quantitative estimate of drug-likeness (QED) is 0.873. The highest BCUT2D eigenvalue weighted by atomic mass is 35.5. The number of hydrogen-bond acceptors (Lipinski definition) is 3. The molecule has 0 radical (unpaired) electrons. The standard InChI is InChI=1S/C13H13ClN2OS/c1-2-16(10-6-4-3-5-9(10)15)13(17)11-7-8-12(14)18-11/h3-8H,2,15H2,1H3. The molecule has 2 rings (SSSR count). The van der Waals surface area contributed by atoms with Crippen LogP contribution in [0.25, 0.3) is 0 Å². The molecule has 0 atom stereocenters. The van der Waals surface area contributed by atoms with Crippen LogP contribution in [0.2, 0.25) is 4.34 Å². The van der Waals surface area contributed by atoms with E-state index in [4.69, 9.17) is 17.3 Å². The molecule has 0 saturated carbocycles. The van der Waals surface area contributed by atoms with E-state index in [1.807, 2.05) is 25.1 Å². The number of thiophene rings is 1. The molecule has 0 bridgehead atoms. The smallest absolute Gasteiger partial charge is 0.268 e. The Morgan fingerprint density at radius 1 is 1.33 bits per heavy atom. The molecule has 0 fully saturated rings. The van der Waals surface area contributed by atoms with E-state index in [1.54, 1.807) is 23.1 Å². The number of anilines is 2. The maximum absolute atomic E-state index is 12.4. The van der Waals surface area contributed by atoms with Gasteiger partial charge in [0.25, 0.3) is 5.91 Å². The number of nitrogen functional groups attached to an aromatic ring is 1. The van der Waals surface area contributed by atoms with Crippen molar-refractivity contribution in [3.63, 3.8) is 0 Å². The third-order valence-corrected chi connectivity index (χ3v) is 3.79. The van der Waals surface area contributed by atoms with Gasteiger partial charge >= 0.3 is 0 Å². The molecular weight excluding hydrogens is 268 g/mol. The van der Waals surface area contributed by atoms with Gasteiger partial charge in [0.05, 0.1) is 20.6 Å². The molecule has 94 valence electrons. The second-order valence-electron chi connectivity index (χ2n) is 3.71. The highest BCUT2D eigenvalue weighted by Crippen LogP contribution is 2.27. The Kier molecular flexibility index (Phi) is 3.89. The molecule has 1 aromatic heterocycles. The molecule has 0 aliphatic heterocycles. The van der Waals surface area contributed by atoms with Gasteiger partial charge in [-0.25, -0.2) is 0 Å². The molecule has 1 heterocycles. The van der Waals surface area contributed by atoms with Crippen molar-refractivity contribution < 1.29 is 4.79 Å². The number of hydrogen-bond donors (Lipinski definition) is 1. The van der Waals surface area contributed by atoms with E-state index in [0.717, 1.165) is 5.69 Å². The molecule has 0 saturated heterocycles. The lowest BCUT2D eigenvalue weighted by atomic mass is 10.2. The highest BCUT2D eigenvalue weighted by Gasteiger charge is 2.19. The van der Waals surface area contributed by atoms with Crippen molar-refractivity contribution in [3.8, 4) is 0 Å². The summed E-state index contributed by atoms with van der Waals surface area (Å²) in [4.78, 5) is 14.6. The number of carbonyl (C=O) groups excluding carboxylic acids is 1. The summed E-state index contributed by atoms with van der Waals surface area (Å²) in [6, 6.07) is 10.8. The number of para-hydroxylation sites is 2. The van der Waals surface area contributed by atoms with E-state index in [1.165, 1.54) is 11.3 Å². The fraction of sp³-hybridized carbons (Fsp3) is 0.154. The number of nitrogens with zero attached hydrogens (tertiary/aromatic N) is 1. The van der Waals surface area contributed by atoms with Crippen LogP contribution in [0.5, 0.6) is 0 Å². The predicted octanol–water partition coefficient (Wildman–Crippen LogP) is 3.65. The minimum atomic E-state index is -0.0766. The molecule has 0 spiro atoms. The van der Waals surface area contributed by atoms with Gasteiger partial charge in [-0.2, -0.15) is 0 Å². The van der Waals surface area contributed by atoms with Crippen molar-refractivity contribution in [2.24, 2.45) is 0 Å². The summed E-state index contributed by atoms with van der Waals surface area (Å²) in [6.07, 6.45) is 0. The monoisotopic (exact) mass is 280 g/mol. The number of benzene rings is 1. The Bertz CT molecular complexity index is 568. The summed E-state index contributed by atoms with van der Waals surface area (Å²) in [7, 11) is 0. The van der Waals surface area contributed by atoms with Crippen LogP contribution in [0, 0.1) is 0 Å². The van der Waals surface area contributed by atoms with Gasteiger partial charge < -0.3 is 10.6 Å². The second kappa shape index (κ2) is 5.42. The first kappa shape index (κ1) is 12.9. The largest absolute Gasteiger partial charge is 0.397 e. The van der Waals surface area contributed by atoms with Gasteiger partial charge in [0.2, 0.25) is 0 Å². The van der Waals surface area contributed by atoms with Crippen molar-refractivity contribution >= 4 is 40.2 Å². The minimum absolute atomic E-state index is 0.0766. The summed E-state index contributed by atoms with van der Waals surface area (Å²) in [6.45, 7) is 2.47. The van der Waals surface area contributed by atoms with E-state index >= 15 is 0 Å². The summed E-state index contributed by atoms with van der Waals surface area (Å²) in [5.41, 5.74) is 7.23. The summed E-state index contributed by atoms with van der Waals surface area (Å²) in [5.74, 6) is -0.0766. The highest BCUT2D eigenvalue weighted by molar-refractivity contribution is 7.18. The molecule has 5 heteroatoms. The number of nitrogens with two attached hydrogens (primary N) is 1. The first-order chi connectivity index (χ1) is 8.63. The average Bonchev–Trinajstić information content (AvgIpc) is 2.79. The van der Waals surface area contributed by atoms with Gasteiger partial charge in [0.1, 0.15) is 0 Å². The molecule has 1 amide bonds. The van der Waals surface area contributed by atoms with Crippen LogP contribution in [-0.2, 0) is 0 Å². The SMILES string of the molecule is CCN(C(=O)c1ccc(Cl)s1)c1ccccc1N. The molecule has 0 unspecified atom stereocenters. The van der Waals surface area contributed by atoms with Crippen molar-refractivity contribution in [2.45, 2.75) is 6.92 Å². The summed E-state index contributed by atoms with van der Waals surface area (Å²) >= 11 is 7.13. The first-order valence-electron chi connectivity index (χ1n) is 5.55. The molecule has 0 aliphatic carbocycles. The van der Waals surface area contributed by atoms with E-state index < -0.39 is 0 Å². The van der Waals surface area contributed by atoms with Crippen LogP contribution < -0.4 is 10.6 Å². The van der Waals surface area contributed by atoms with Crippen molar-refractivity contribution in [2.75, 3.05) is 17.2 Å². The maximum Gasteiger partial charge on any atom is 0.268 e. The Morgan fingerprint density at radius 2 is 2.06 bits per heavy atom. The van der Waals surface area contributed by atoms with E-state index in [9.17, 15) is 4.79 Å². The molecule has 18 heavy (non-hydrogen) atoms. The molecule has 2 N–H and O–H groups in total. The maximum atomic E-state index is 12.4. The van der Waals surface area contributed by atoms with Crippen LogP contribution in [0.4, 0.5) is 11.4 Å². The summed E-state index contributed by atoms with van der Waals surface area (Å²) in [5, 5.41) is 0. The topological polar surface area (TPSA) is 46.3 Å². The Morgan fingerprint density at radius 3 is 2.61 bits per heavy atom. The normalized spacial score (nSPS) is 10.3. The molecule has 2 aromatic rings. The number of rotatable bonds is 3. The van der Waals surface area contributed by atoms with E-state index in [2.05, 4.69) is 0 Å². The average molecular weight is 281 g/mol. The lowest BCUT2D eigenvalue weighted by Gasteiger charge is -2.21. The number of halogens is 1. The van der Waals surface area contributed by atoms with Crippen molar-refractivity contribution in [1.29, 1.82) is 0 Å². The third-order valence-electron chi connectivity index (χ3n) is 2.57. The molecular formula is C13H13ClN2OS. The van der Waals surface area contributed by atoms with Gasteiger partial charge in [-0.3, -0.25) is 4.79 Å². The van der Waals surface area contributed by atoms with Crippen LogP contribution in [0.1, 0.15) is 16.6 Å². The number of carbonyl (C=O) groups is 1. The lowest BCUT2D eigenvalue weighted by Crippen LogP contribution is -2.30. The zero-order chi connectivity index (χ0) is 13.1. The lowest BCUT2D eigenvalue weighted by molar-refractivity contribution is 0.0992. The zero-order valence-electron chi connectivity index (χ0n) is 9.89.